The van der Waals surface area contributed by atoms with E-state index < -0.39 is 11.8 Å². The number of hydrogen-bond donors (Lipinski definition) is 1. The highest BCUT2D eigenvalue weighted by atomic mass is 16.5. The van der Waals surface area contributed by atoms with Gasteiger partial charge < -0.3 is 10.5 Å². The molecule has 0 aliphatic carbocycles. The summed E-state index contributed by atoms with van der Waals surface area (Å²) >= 11 is 0. The minimum absolute atomic E-state index is 0.427. The average molecular weight is 220 g/mol. The van der Waals surface area contributed by atoms with E-state index in [1.165, 1.54) is 0 Å². The van der Waals surface area contributed by atoms with Crippen molar-refractivity contribution in [1.29, 1.82) is 0 Å². The van der Waals surface area contributed by atoms with Crippen LogP contribution in [0.2, 0.25) is 0 Å². The van der Waals surface area contributed by atoms with E-state index in [0.717, 1.165) is 12.0 Å². The zero-order chi connectivity index (χ0) is 11.6. The van der Waals surface area contributed by atoms with Crippen molar-refractivity contribution in [3.05, 3.63) is 35.9 Å². The van der Waals surface area contributed by atoms with Crippen molar-refractivity contribution in [2.24, 2.45) is 5.73 Å². The molecule has 1 aromatic carbocycles. The molecule has 2 N–H and O–H groups in total. The molecule has 1 unspecified atom stereocenters. The standard InChI is InChI=1S/C12H16N2O2/c1-2-16-12(8-9-14(12)11(13)15)10-6-4-3-5-7-10/h3-7H,2,8-9H2,1H3,(H2,13,15). The highest BCUT2D eigenvalue weighted by molar-refractivity contribution is 5.74. The SMILES string of the molecule is CCOC1(c2ccccc2)CCN1C(N)=O. The Morgan fingerprint density at radius 3 is 2.62 bits per heavy atom. The lowest BCUT2D eigenvalue weighted by atomic mass is 9.90. The van der Waals surface area contributed by atoms with E-state index >= 15 is 0 Å². The molecule has 1 aliphatic heterocycles. The van der Waals surface area contributed by atoms with Gasteiger partial charge in [0.05, 0.1) is 0 Å². The van der Waals surface area contributed by atoms with E-state index in [0.29, 0.717) is 13.2 Å². The molecule has 1 atom stereocenters. The molecule has 4 heteroatoms. The smallest absolute Gasteiger partial charge is 0.317 e. The molecular formula is C12H16N2O2. The Bertz CT molecular complexity index is 380. The third-order valence-corrected chi connectivity index (χ3v) is 2.98. The van der Waals surface area contributed by atoms with Crippen molar-refractivity contribution in [2.75, 3.05) is 13.2 Å². The lowest BCUT2D eigenvalue weighted by Gasteiger charge is -2.51. The van der Waals surface area contributed by atoms with Crippen LogP contribution in [-0.4, -0.2) is 24.1 Å². The van der Waals surface area contributed by atoms with Crippen LogP contribution in [0.5, 0.6) is 0 Å². The molecule has 0 saturated carbocycles. The second-order valence-corrected chi connectivity index (χ2v) is 3.82. The van der Waals surface area contributed by atoms with Crippen LogP contribution >= 0.6 is 0 Å². The first kappa shape index (κ1) is 11.0. The van der Waals surface area contributed by atoms with Gasteiger partial charge in [-0.2, -0.15) is 0 Å². The molecule has 1 heterocycles. The lowest BCUT2D eigenvalue weighted by molar-refractivity contribution is -0.198. The van der Waals surface area contributed by atoms with Gasteiger partial charge in [-0.15, -0.1) is 0 Å². The molecule has 0 spiro atoms. The largest absolute Gasteiger partial charge is 0.351 e. The Morgan fingerprint density at radius 2 is 2.19 bits per heavy atom. The minimum Gasteiger partial charge on any atom is -0.351 e. The fraction of sp³-hybridized carbons (Fsp3) is 0.417. The summed E-state index contributed by atoms with van der Waals surface area (Å²) in [5.41, 5.74) is 5.70. The monoisotopic (exact) mass is 220 g/mol. The first-order valence-electron chi connectivity index (χ1n) is 5.47. The number of hydrogen-bond acceptors (Lipinski definition) is 2. The van der Waals surface area contributed by atoms with Crippen LogP contribution in [0.15, 0.2) is 30.3 Å². The Hall–Kier alpha value is -1.55. The molecule has 1 fully saturated rings. The first-order valence-corrected chi connectivity index (χ1v) is 5.47. The van der Waals surface area contributed by atoms with Crippen molar-refractivity contribution >= 4 is 6.03 Å². The van der Waals surface area contributed by atoms with Gasteiger partial charge in [-0.3, -0.25) is 4.90 Å². The Balaban J connectivity index is 2.33. The summed E-state index contributed by atoms with van der Waals surface area (Å²) in [6, 6.07) is 9.32. The average Bonchev–Trinajstić information content (AvgIpc) is 2.24. The van der Waals surface area contributed by atoms with Gasteiger partial charge in [0.25, 0.3) is 0 Å². The summed E-state index contributed by atoms with van der Waals surface area (Å²) in [6.45, 7) is 3.13. The van der Waals surface area contributed by atoms with Crippen LogP contribution < -0.4 is 5.73 Å². The molecule has 2 rings (SSSR count). The molecule has 1 aromatic rings. The zero-order valence-electron chi connectivity index (χ0n) is 9.35. The summed E-state index contributed by atoms with van der Waals surface area (Å²) in [5.74, 6) is 0. The van der Waals surface area contributed by atoms with Crippen molar-refractivity contribution in [3.8, 4) is 0 Å². The van der Waals surface area contributed by atoms with Crippen LogP contribution in [-0.2, 0) is 10.5 Å². The predicted octanol–water partition coefficient (Wildman–Crippen LogP) is 1.66. The van der Waals surface area contributed by atoms with E-state index in [9.17, 15) is 4.79 Å². The molecule has 4 nitrogen and oxygen atoms in total. The third-order valence-electron chi connectivity index (χ3n) is 2.98. The molecule has 1 saturated heterocycles. The minimum atomic E-state index is -0.637. The van der Waals surface area contributed by atoms with Gasteiger partial charge in [-0.25, -0.2) is 4.79 Å². The van der Waals surface area contributed by atoms with Crippen LogP contribution in [0.25, 0.3) is 0 Å². The molecule has 16 heavy (non-hydrogen) atoms. The Morgan fingerprint density at radius 1 is 1.50 bits per heavy atom. The summed E-state index contributed by atoms with van der Waals surface area (Å²) in [7, 11) is 0. The fourth-order valence-electron chi connectivity index (χ4n) is 2.19. The van der Waals surface area contributed by atoms with E-state index in [1.807, 2.05) is 37.3 Å². The summed E-state index contributed by atoms with van der Waals surface area (Å²) in [6.07, 6.45) is 0.799. The number of carbonyl (C=O) groups excluding carboxylic acids is 1. The number of ether oxygens (including phenoxy) is 1. The lowest BCUT2D eigenvalue weighted by Crippen LogP contribution is -2.62. The second kappa shape index (κ2) is 4.14. The zero-order valence-corrected chi connectivity index (χ0v) is 9.35. The van der Waals surface area contributed by atoms with Crippen molar-refractivity contribution < 1.29 is 9.53 Å². The summed E-state index contributed by atoms with van der Waals surface area (Å²) in [5, 5.41) is 0. The number of nitrogens with zero attached hydrogens (tertiary/aromatic N) is 1. The van der Waals surface area contributed by atoms with Crippen molar-refractivity contribution in [1.82, 2.24) is 4.90 Å². The van der Waals surface area contributed by atoms with Gasteiger partial charge in [0.1, 0.15) is 0 Å². The van der Waals surface area contributed by atoms with Gasteiger partial charge in [0, 0.05) is 25.1 Å². The van der Waals surface area contributed by atoms with E-state index in [-0.39, 0.29) is 0 Å². The van der Waals surface area contributed by atoms with Gasteiger partial charge >= 0.3 is 6.03 Å². The number of carbonyl (C=O) groups is 1. The van der Waals surface area contributed by atoms with Crippen LogP contribution in [0.1, 0.15) is 18.9 Å². The van der Waals surface area contributed by atoms with Crippen LogP contribution in [0, 0.1) is 0 Å². The molecule has 0 aromatic heterocycles. The highest BCUT2D eigenvalue weighted by Crippen LogP contribution is 2.41. The normalized spacial score (nSPS) is 23.9. The maximum absolute atomic E-state index is 11.3. The molecule has 1 aliphatic rings. The summed E-state index contributed by atoms with van der Waals surface area (Å²) in [4.78, 5) is 12.9. The number of amides is 2. The number of primary amides is 1. The van der Waals surface area contributed by atoms with Crippen LogP contribution in [0.4, 0.5) is 4.79 Å². The van der Waals surface area contributed by atoms with Gasteiger partial charge in [0.2, 0.25) is 0 Å². The Kier molecular flexibility index (Phi) is 2.83. The predicted molar refractivity (Wildman–Crippen MR) is 60.7 cm³/mol. The van der Waals surface area contributed by atoms with Gasteiger partial charge in [-0.05, 0) is 6.92 Å². The highest BCUT2D eigenvalue weighted by Gasteiger charge is 2.49. The van der Waals surface area contributed by atoms with E-state index in [1.54, 1.807) is 4.90 Å². The number of rotatable bonds is 3. The van der Waals surface area contributed by atoms with Crippen molar-refractivity contribution in [3.63, 3.8) is 0 Å². The van der Waals surface area contributed by atoms with Crippen molar-refractivity contribution in [2.45, 2.75) is 19.1 Å². The molecule has 86 valence electrons. The molecule has 0 bridgehead atoms. The maximum Gasteiger partial charge on any atom is 0.317 e. The van der Waals surface area contributed by atoms with Gasteiger partial charge in [0.15, 0.2) is 5.72 Å². The topological polar surface area (TPSA) is 55.6 Å². The fourth-order valence-corrected chi connectivity index (χ4v) is 2.19. The van der Waals surface area contributed by atoms with Crippen LogP contribution in [0.3, 0.4) is 0 Å². The van der Waals surface area contributed by atoms with Gasteiger partial charge in [-0.1, -0.05) is 30.3 Å². The second-order valence-electron chi connectivity index (χ2n) is 3.82. The van der Waals surface area contributed by atoms with E-state index in [2.05, 4.69) is 0 Å². The first-order chi connectivity index (χ1) is 7.70. The molecule has 0 radical (unpaired) electrons. The number of benzene rings is 1. The summed E-state index contributed by atoms with van der Waals surface area (Å²) < 4.78 is 5.75. The quantitative estimate of drug-likeness (QED) is 0.842. The Labute approximate surface area is 95.0 Å². The number of likely N-dealkylation sites (tertiary alicyclic amines) is 1. The maximum atomic E-state index is 11.3. The molecule has 2 amide bonds. The molecular weight excluding hydrogens is 204 g/mol. The third kappa shape index (κ3) is 1.55. The number of nitrogens with two attached hydrogens (primary N) is 1. The number of urea groups is 1. The van der Waals surface area contributed by atoms with E-state index in [4.69, 9.17) is 10.5 Å².